The smallest absolute Gasteiger partial charge is 0.342 e. The molecule has 3 aromatic rings. The maximum atomic E-state index is 12.8. The van der Waals surface area contributed by atoms with E-state index < -0.39 is 18.0 Å². The van der Waals surface area contributed by atoms with Gasteiger partial charge in [-0.05, 0) is 31.2 Å². The summed E-state index contributed by atoms with van der Waals surface area (Å²) in [6, 6.07) is 12.5. The zero-order chi connectivity index (χ0) is 20.5. The Morgan fingerprint density at radius 2 is 1.59 bits per heavy atom. The first-order valence-electron chi connectivity index (χ1n) is 8.82. The highest BCUT2D eigenvalue weighted by atomic mass is 16.5. The van der Waals surface area contributed by atoms with Gasteiger partial charge in [0.1, 0.15) is 6.26 Å². The van der Waals surface area contributed by atoms with Crippen molar-refractivity contribution in [3.8, 4) is 0 Å². The van der Waals surface area contributed by atoms with Crippen LogP contribution in [-0.4, -0.2) is 29.5 Å². The van der Waals surface area contributed by atoms with Crippen LogP contribution in [0.4, 0.5) is 5.69 Å². The topological polar surface area (TPSA) is 103 Å². The number of anilines is 1. The molecule has 1 heterocycles. The molecule has 29 heavy (non-hydrogen) atoms. The Labute approximate surface area is 165 Å². The lowest BCUT2D eigenvalue weighted by atomic mass is 9.84. The van der Waals surface area contributed by atoms with Crippen molar-refractivity contribution in [2.75, 3.05) is 5.32 Å². The van der Waals surface area contributed by atoms with Gasteiger partial charge in [-0.1, -0.05) is 24.3 Å². The van der Waals surface area contributed by atoms with Crippen molar-refractivity contribution >= 4 is 29.1 Å². The first kappa shape index (κ1) is 18.4. The molecule has 0 aliphatic heterocycles. The number of ether oxygens (including phenoxy) is 1. The molecule has 0 fully saturated rings. The Morgan fingerprint density at radius 1 is 0.931 bits per heavy atom. The average molecular weight is 389 g/mol. The van der Waals surface area contributed by atoms with Gasteiger partial charge >= 0.3 is 5.97 Å². The number of fused-ring (bicyclic) bond motifs is 2. The normalized spacial score (nSPS) is 13.3. The zero-order valence-electron chi connectivity index (χ0n) is 15.3. The van der Waals surface area contributed by atoms with Gasteiger partial charge in [-0.25, -0.2) is 4.79 Å². The van der Waals surface area contributed by atoms with Gasteiger partial charge in [0, 0.05) is 27.9 Å². The summed E-state index contributed by atoms with van der Waals surface area (Å²) in [5.74, 6) is -1.79. The molecule has 4 rings (SSSR count). The predicted octanol–water partition coefficient (Wildman–Crippen LogP) is 3.24. The zero-order valence-corrected chi connectivity index (χ0v) is 15.3. The van der Waals surface area contributed by atoms with Gasteiger partial charge in [0.05, 0.1) is 11.8 Å². The summed E-state index contributed by atoms with van der Waals surface area (Å²) in [5, 5.41) is 2.60. The van der Waals surface area contributed by atoms with Crippen LogP contribution in [0, 0.1) is 0 Å². The van der Waals surface area contributed by atoms with Crippen LogP contribution in [0.2, 0.25) is 0 Å². The lowest BCUT2D eigenvalue weighted by Gasteiger charge is -2.19. The van der Waals surface area contributed by atoms with Crippen molar-refractivity contribution in [3.63, 3.8) is 0 Å². The number of esters is 1. The van der Waals surface area contributed by atoms with Crippen molar-refractivity contribution in [3.05, 3.63) is 88.9 Å². The van der Waals surface area contributed by atoms with Crippen LogP contribution in [0.5, 0.6) is 0 Å². The number of benzene rings is 2. The molecule has 1 unspecified atom stereocenters. The van der Waals surface area contributed by atoms with E-state index in [4.69, 9.17) is 9.15 Å². The minimum absolute atomic E-state index is 0.196. The highest BCUT2D eigenvalue weighted by Crippen LogP contribution is 2.29. The van der Waals surface area contributed by atoms with Crippen LogP contribution in [0.15, 0.2) is 65.5 Å². The molecule has 0 spiro atoms. The number of rotatable bonds is 4. The molecule has 1 aromatic heterocycles. The van der Waals surface area contributed by atoms with Gasteiger partial charge in [0.15, 0.2) is 17.7 Å². The predicted molar refractivity (Wildman–Crippen MR) is 102 cm³/mol. The lowest BCUT2D eigenvalue weighted by Crippen LogP contribution is -2.30. The number of ketones is 2. The van der Waals surface area contributed by atoms with Gasteiger partial charge in [-0.3, -0.25) is 14.4 Å². The van der Waals surface area contributed by atoms with Crippen LogP contribution >= 0.6 is 0 Å². The summed E-state index contributed by atoms with van der Waals surface area (Å²) in [5.41, 5.74) is 1.71. The monoisotopic (exact) mass is 389 g/mol. The van der Waals surface area contributed by atoms with Crippen LogP contribution in [0.25, 0.3) is 0 Å². The van der Waals surface area contributed by atoms with Crippen molar-refractivity contribution in [2.45, 2.75) is 13.0 Å². The molecule has 0 radical (unpaired) electrons. The fourth-order valence-electron chi connectivity index (χ4n) is 3.08. The third-order valence-corrected chi connectivity index (χ3v) is 4.60. The van der Waals surface area contributed by atoms with Crippen molar-refractivity contribution in [1.29, 1.82) is 0 Å². The summed E-state index contributed by atoms with van der Waals surface area (Å²) in [6.07, 6.45) is 1.47. The Bertz CT molecular complexity index is 1150. The van der Waals surface area contributed by atoms with Crippen molar-refractivity contribution < 1.29 is 28.3 Å². The van der Waals surface area contributed by atoms with E-state index in [0.29, 0.717) is 16.8 Å². The summed E-state index contributed by atoms with van der Waals surface area (Å²) in [4.78, 5) is 49.7. The highest BCUT2D eigenvalue weighted by molar-refractivity contribution is 6.28. The number of hydrogen-bond acceptors (Lipinski definition) is 6. The summed E-state index contributed by atoms with van der Waals surface area (Å²) >= 11 is 0. The molecule has 1 aliphatic rings. The quantitative estimate of drug-likeness (QED) is 0.538. The lowest BCUT2D eigenvalue weighted by molar-refractivity contribution is -0.123. The minimum atomic E-state index is -1.08. The Hall–Kier alpha value is -4.00. The fraction of sp³-hybridized carbons (Fsp3) is 0.0909. The number of amides is 1. The molecule has 7 nitrogen and oxygen atoms in total. The molecule has 144 valence electrons. The summed E-state index contributed by atoms with van der Waals surface area (Å²) < 4.78 is 9.90. The van der Waals surface area contributed by atoms with E-state index in [1.807, 2.05) is 0 Å². The number of furan rings is 1. The molecule has 1 amide bonds. The Kier molecular flexibility index (Phi) is 4.56. The second kappa shape index (κ2) is 7.20. The van der Waals surface area contributed by atoms with E-state index in [9.17, 15) is 19.2 Å². The van der Waals surface area contributed by atoms with Crippen LogP contribution in [0.3, 0.4) is 0 Å². The van der Waals surface area contributed by atoms with Crippen LogP contribution in [0.1, 0.15) is 49.1 Å². The molecule has 1 aliphatic carbocycles. The van der Waals surface area contributed by atoms with Crippen molar-refractivity contribution in [2.24, 2.45) is 0 Å². The summed E-state index contributed by atoms with van der Waals surface area (Å²) in [7, 11) is 0. The van der Waals surface area contributed by atoms with Gasteiger partial charge in [0.2, 0.25) is 0 Å². The third-order valence-electron chi connectivity index (χ3n) is 4.60. The van der Waals surface area contributed by atoms with Crippen LogP contribution < -0.4 is 5.32 Å². The van der Waals surface area contributed by atoms with E-state index in [2.05, 4.69) is 5.32 Å². The van der Waals surface area contributed by atoms with E-state index in [-0.39, 0.29) is 28.3 Å². The largest absolute Gasteiger partial charge is 0.472 e. The molecule has 1 atom stereocenters. The van der Waals surface area contributed by atoms with Gasteiger partial charge in [0.25, 0.3) is 5.91 Å². The second-order valence-electron chi connectivity index (χ2n) is 6.51. The maximum absolute atomic E-state index is 12.8. The molecule has 0 bridgehead atoms. The molecule has 1 N–H and O–H groups in total. The molecule has 0 saturated carbocycles. The number of hydrogen-bond donors (Lipinski definition) is 1. The first-order valence-corrected chi connectivity index (χ1v) is 8.82. The summed E-state index contributed by atoms with van der Waals surface area (Å²) in [6.45, 7) is 1.43. The molecule has 0 saturated heterocycles. The van der Waals surface area contributed by atoms with Gasteiger partial charge < -0.3 is 14.5 Å². The second-order valence-corrected chi connectivity index (χ2v) is 6.51. The third kappa shape index (κ3) is 3.34. The average Bonchev–Trinajstić information content (AvgIpc) is 3.27. The first-order chi connectivity index (χ1) is 14.0. The Morgan fingerprint density at radius 3 is 2.24 bits per heavy atom. The van der Waals surface area contributed by atoms with E-state index in [0.717, 1.165) is 0 Å². The minimum Gasteiger partial charge on any atom is -0.472 e. The SMILES string of the molecule is CC(OC(=O)c1ccoc1)C(=O)Nc1ccc2c(c1)C(=O)c1ccccc1C2=O. The van der Waals surface area contributed by atoms with Crippen molar-refractivity contribution in [1.82, 2.24) is 0 Å². The Balaban J connectivity index is 1.52. The van der Waals surface area contributed by atoms with E-state index in [1.165, 1.54) is 43.7 Å². The maximum Gasteiger partial charge on any atom is 0.342 e. The molecular weight excluding hydrogens is 374 g/mol. The van der Waals surface area contributed by atoms with Gasteiger partial charge in [-0.15, -0.1) is 0 Å². The molecule has 7 heteroatoms. The highest BCUT2D eigenvalue weighted by Gasteiger charge is 2.29. The number of nitrogens with one attached hydrogen (secondary N) is 1. The number of carbonyl (C=O) groups excluding carboxylic acids is 4. The fourth-order valence-corrected chi connectivity index (χ4v) is 3.08. The molecule has 2 aromatic carbocycles. The molecular formula is C22H15NO6. The van der Waals surface area contributed by atoms with E-state index >= 15 is 0 Å². The number of carbonyl (C=O) groups is 4. The standard InChI is InChI=1S/C22H15NO6/c1-12(29-22(27)13-8-9-28-11-13)21(26)23-14-6-7-17-18(10-14)20(25)16-5-3-2-4-15(16)19(17)24/h2-12H,1H3,(H,23,26). The van der Waals surface area contributed by atoms with Crippen LogP contribution in [-0.2, 0) is 9.53 Å². The van der Waals surface area contributed by atoms with E-state index in [1.54, 1.807) is 24.3 Å². The van der Waals surface area contributed by atoms with Gasteiger partial charge in [-0.2, -0.15) is 0 Å².